The molecule has 136 valence electrons. The topological polar surface area (TPSA) is 114 Å². The molecule has 0 radical (unpaired) electrons. The maximum absolute atomic E-state index is 11.7. The Morgan fingerprint density at radius 3 is 2.54 bits per heavy atom. The SMILES string of the molecule is COc1cccc(C(O)CNC(=O)CNC(=O)[C@@H](N)C(C)C)c1.Cl. The summed E-state index contributed by atoms with van der Waals surface area (Å²) < 4.78 is 5.08. The number of hydrogen-bond acceptors (Lipinski definition) is 5. The smallest absolute Gasteiger partial charge is 0.239 e. The number of rotatable bonds is 8. The molecular formula is C16H26ClN3O4. The van der Waals surface area contributed by atoms with E-state index < -0.39 is 18.1 Å². The van der Waals surface area contributed by atoms with E-state index in [0.717, 1.165) is 0 Å². The monoisotopic (exact) mass is 359 g/mol. The maximum atomic E-state index is 11.7. The summed E-state index contributed by atoms with van der Waals surface area (Å²) in [5.74, 6) is -0.143. The first kappa shape index (κ1) is 22.2. The fraction of sp³-hybridized carbons (Fsp3) is 0.500. The van der Waals surface area contributed by atoms with E-state index in [1.54, 1.807) is 24.3 Å². The van der Waals surface area contributed by atoms with Gasteiger partial charge < -0.3 is 26.2 Å². The van der Waals surface area contributed by atoms with E-state index in [0.29, 0.717) is 11.3 Å². The van der Waals surface area contributed by atoms with Gasteiger partial charge in [-0.1, -0.05) is 26.0 Å². The van der Waals surface area contributed by atoms with Gasteiger partial charge in [-0.3, -0.25) is 9.59 Å². The van der Waals surface area contributed by atoms with Gasteiger partial charge in [0.05, 0.1) is 25.8 Å². The molecule has 2 amide bonds. The Kier molecular flexibility index (Phi) is 10.0. The van der Waals surface area contributed by atoms with Crippen molar-refractivity contribution in [1.82, 2.24) is 10.6 Å². The zero-order valence-electron chi connectivity index (χ0n) is 14.1. The number of nitrogens with one attached hydrogen (secondary N) is 2. The second-order valence-electron chi connectivity index (χ2n) is 5.58. The lowest BCUT2D eigenvalue weighted by molar-refractivity contribution is -0.127. The summed E-state index contributed by atoms with van der Waals surface area (Å²) in [4.78, 5) is 23.3. The van der Waals surface area contributed by atoms with E-state index in [9.17, 15) is 14.7 Å². The zero-order valence-corrected chi connectivity index (χ0v) is 14.9. The van der Waals surface area contributed by atoms with Crippen molar-refractivity contribution in [1.29, 1.82) is 0 Å². The Labute approximate surface area is 148 Å². The predicted octanol–water partition coefficient (Wildman–Crippen LogP) is 0.366. The van der Waals surface area contributed by atoms with E-state index in [2.05, 4.69) is 10.6 Å². The van der Waals surface area contributed by atoms with Gasteiger partial charge >= 0.3 is 0 Å². The predicted molar refractivity (Wildman–Crippen MR) is 94.0 cm³/mol. The van der Waals surface area contributed by atoms with E-state index >= 15 is 0 Å². The minimum Gasteiger partial charge on any atom is -0.497 e. The molecule has 8 heteroatoms. The molecular weight excluding hydrogens is 334 g/mol. The molecule has 0 bridgehead atoms. The molecule has 0 aromatic heterocycles. The fourth-order valence-corrected chi connectivity index (χ4v) is 1.83. The highest BCUT2D eigenvalue weighted by Gasteiger charge is 2.18. The zero-order chi connectivity index (χ0) is 17.4. The molecule has 2 atom stereocenters. The van der Waals surface area contributed by atoms with Crippen molar-refractivity contribution in [2.45, 2.75) is 26.0 Å². The van der Waals surface area contributed by atoms with Crippen LogP contribution in [-0.4, -0.2) is 43.2 Å². The molecule has 0 spiro atoms. The number of aliphatic hydroxyl groups excluding tert-OH is 1. The van der Waals surface area contributed by atoms with Crippen LogP contribution in [0, 0.1) is 5.92 Å². The third-order valence-corrected chi connectivity index (χ3v) is 3.42. The Morgan fingerprint density at radius 1 is 1.29 bits per heavy atom. The summed E-state index contributed by atoms with van der Waals surface area (Å²) in [5.41, 5.74) is 6.31. The van der Waals surface area contributed by atoms with Crippen molar-refractivity contribution in [3.05, 3.63) is 29.8 Å². The molecule has 0 saturated carbocycles. The lowest BCUT2D eigenvalue weighted by Crippen LogP contribution is -2.47. The van der Waals surface area contributed by atoms with Crippen LogP contribution in [0.4, 0.5) is 0 Å². The highest BCUT2D eigenvalue weighted by atomic mass is 35.5. The number of amides is 2. The summed E-state index contributed by atoms with van der Waals surface area (Å²) in [6, 6.07) is 6.31. The van der Waals surface area contributed by atoms with Crippen molar-refractivity contribution in [2.75, 3.05) is 20.2 Å². The molecule has 0 saturated heterocycles. The van der Waals surface area contributed by atoms with Crippen molar-refractivity contribution in [3.8, 4) is 5.75 Å². The molecule has 0 aliphatic heterocycles. The average molecular weight is 360 g/mol. The molecule has 0 heterocycles. The summed E-state index contributed by atoms with van der Waals surface area (Å²) in [6.07, 6.45) is -0.859. The lowest BCUT2D eigenvalue weighted by Gasteiger charge is -2.16. The fourth-order valence-electron chi connectivity index (χ4n) is 1.83. The van der Waals surface area contributed by atoms with Crippen molar-refractivity contribution in [2.24, 2.45) is 11.7 Å². The summed E-state index contributed by atoms with van der Waals surface area (Å²) in [6.45, 7) is 3.52. The quantitative estimate of drug-likeness (QED) is 0.535. The number of carbonyl (C=O) groups is 2. The van der Waals surface area contributed by atoms with E-state index in [-0.39, 0.29) is 37.3 Å². The van der Waals surface area contributed by atoms with Crippen LogP contribution in [0.15, 0.2) is 24.3 Å². The van der Waals surface area contributed by atoms with Gasteiger partial charge in [0.25, 0.3) is 0 Å². The first-order chi connectivity index (χ1) is 10.8. The number of carbonyl (C=O) groups excluding carboxylic acids is 2. The van der Waals surface area contributed by atoms with Crippen LogP contribution < -0.4 is 21.1 Å². The number of ether oxygens (including phenoxy) is 1. The number of benzene rings is 1. The molecule has 0 aliphatic carbocycles. The van der Waals surface area contributed by atoms with E-state index in [1.807, 2.05) is 13.8 Å². The van der Waals surface area contributed by atoms with E-state index in [4.69, 9.17) is 10.5 Å². The number of methoxy groups -OCH3 is 1. The molecule has 0 fully saturated rings. The van der Waals surface area contributed by atoms with E-state index in [1.165, 1.54) is 7.11 Å². The second-order valence-corrected chi connectivity index (χ2v) is 5.58. The summed E-state index contributed by atoms with van der Waals surface area (Å²) in [7, 11) is 1.54. The standard InChI is InChI=1S/C16H25N3O4.ClH/c1-10(2)15(17)16(22)19-9-14(21)18-8-13(20)11-5-4-6-12(7-11)23-3;/h4-7,10,13,15,20H,8-9,17H2,1-3H3,(H,18,21)(H,19,22);1H/t13?,15-;/m0./s1. The summed E-state index contributed by atoms with van der Waals surface area (Å²) >= 11 is 0. The Morgan fingerprint density at radius 2 is 1.96 bits per heavy atom. The molecule has 1 aromatic carbocycles. The van der Waals surface area contributed by atoms with Gasteiger partial charge in [0, 0.05) is 6.54 Å². The molecule has 5 N–H and O–H groups in total. The highest BCUT2D eigenvalue weighted by Crippen LogP contribution is 2.18. The van der Waals surface area contributed by atoms with Gasteiger partial charge in [0.1, 0.15) is 5.75 Å². The molecule has 0 aliphatic rings. The Balaban J connectivity index is 0.00000529. The largest absolute Gasteiger partial charge is 0.497 e. The van der Waals surface area contributed by atoms with Crippen LogP contribution in [0.2, 0.25) is 0 Å². The molecule has 1 unspecified atom stereocenters. The van der Waals surface area contributed by atoms with Crippen molar-refractivity contribution in [3.63, 3.8) is 0 Å². The number of aliphatic hydroxyl groups is 1. The number of hydrogen-bond donors (Lipinski definition) is 4. The van der Waals surface area contributed by atoms with Gasteiger partial charge in [-0.25, -0.2) is 0 Å². The maximum Gasteiger partial charge on any atom is 0.239 e. The first-order valence-corrected chi connectivity index (χ1v) is 7.47. The minimum atomic E-state index is -0.859. The van der Waals surface area contributed by atoms with Crippen LogP contribution in [-0.2, 0) is 9.59 Å². The highest BCUT2D eigenvalue weighted by molar-refractivity contribution is 5.87. The number of halogens is 1. The number of nitrogens with two attached hydrogens (primary N) is 1. The second kappa shape index (κ2) is 10.9. The molecule has 24 heavy (non-hydrogen) atoms. The van der Waals surface area contributed by atoms with Crippen LogP contribution in [0.1, 0.15) is 25.5 Å². The third kappa shape index (κ3) is 7.16. The first-order valence-electron chi connectivity index (χ1n) is 7.47. The van der Waals surface area contributed by atoms with Gasteiger partial charge in [-0.05, 0) is 23.6 Å². The van der Waals surface area contributed by atoms with Gasteiger partial charge in [0.2, 0.25) is 11.8 Å². The Bertz CT molecular complexity index is 540. The van der Waals surface area contributed by atoms with Crippen LogP contribution in [0.25, 0.3) is 0 Å². The molecule has 1 rings (SSSR count). The molecule has 1 aromatic rings. The molecule has 7 nitrogen and oxygen atoms in total. The summed E-state index contributed by atoms with van der Waals surface area (Å²) in [5, 5.41) is 15.1. The minimum absolute atomic E-state index is 0. The van der Waals surface area contributed by atoms with Crippen LogP contribution in [0.3, 0.4) is 0 Å². The normalized spacial score (nSPS) is 12.8. The van der Waals surface area contributed by atoms with Gasteiger partial charge in [-0.15, -0.1) is 12.4 Å². The average Bonchev–Trinajstić information content (AvgIpc) is 2.56. The lowest BCUT2D eigenvalue weighted by atomic mass is 10.1. The van der Waals surface area contributed by atoms with Crippen LogP contribution >= 0.6 is 12.4 Å². The van der Waals surface area contributed by atoms with Crippen molar-refractivity contribution < 1.29 is 19.4 Å². The third-order valence-electron chi connectivity index (χ3n) is 3.42. The van der Waals surface area contributed by atoms with Crippen molar-refractivity contribution >= 4 is 24.2 Å². The Hall–Kier alpha value is -1.83. The van der Waals surface area contributed by atoms with Gasteiger partial charge in [-0.2, -0.15) is 0 Å². The van der Waals surface area contributed by atoms with Gasteiger partial charge in [0.15, 0.2) is 0 Å². The van der Waals surface area contributed by atoms with Crippen LogP contribution in [0.5, 0.6) is 5.75 Å².